The van der Waals surface area contributed by atoms with Gasteiger partial charge in [-0.3, -0.25) is 4.90 Å². The quantitative estimate of drug-likeness (QED) is 0.403. The predicted molar refractivity (Wildman–Crippen MR) is 94.8 cm³/mol. The van der Waals surface area contributed by atoms with E-state index in [0.29, 0.717) is 19.6 Å². The van der Waals surface area contributed by atoms with E-state index in [1.807, 2.05) is 36.4 Å². The van der Waals surface area contributed by atoms with E-state index >= 15 is 0 Å². The molecule has 1 aromatic rings. The minimum absolute atomic E-state index is 0.0287. The second-order valence-electron chi connectivity index (χ2n) is 5.72. The zero-order chi connectivity index (χ0) is 17.2. The Bertz CT molecular complexity index is 580. The van der Waals surface area contributed by atoms with Gasteiger partial charge in [-0.2, -0.15) is 0 Å². The summed E-state index contributed by atoms with van der Waals surface area (Å²) in [5, 5.41) is 14.2. The molecule has 1 aliphatic rings. The Morgan fingerprint density at radius 2 is 2.29 bits per heavy atom. The Hall–Kier alpha value is -2.13. The summed E-state index contributed by atoms with van der Waals surface area (Å²) in [7, 11) is 0. The zero-order valence-electron chi connectivity index (χ0n) is 13.8. The zero-order valence-corrected chi connectivity index (χ0v) is 13.8. The van der Waals surface area contributed by atoms with Gasteiger partial charge in [-0.05, 0) is 5.56 Å². The van der Waals surface area contributed by atoms with E-state index in [0.717, 1.165) is 17.7 Å². The smallest absolute Gasteiger partial charge is 0.145 e. The van der Waals surface area contributed by atoms with Crippen LogP contribution in [0.15, 0.2) is 48.1 Å². The molecule has 1 heterocycles. The van der Waals surface area contributed by atoms with E-state index in [1.165, 1.54) is 0 Å². The van der Waals surface area contributed by atoms with Gasteiger partial charge in [0.2, 0.25) is 0 Å². The number of nitrogens with zero attached hydrogens (tertiary/aromatic N) is 2. The van der Waals surface area contributed by atoms with Crippen molar-refractivity contribution in [3.63, 3.8) is 0 Å². The summed E-state index contributed by atoms with van der Waals surface area (Å²) in [6, 6.07) is 10.0. The molecule has 2 rings (SSSR count). The first-order valence-electron chi connectivity index (χ1n) is 8.03. The van der Waals surface area contributed by atoms with Gasteiger partial charge >= 0.3 is 0 Å². The monoisotopic (exact) mass is 328 g/mol. The average molecular weight is 328 g/mol. The molecule has 1 aliphatic heterocycles. The first kappa shape index (κ1) is 18.2. The highest BCUT2D eigenvalue weighted by molar-refractivity contribution is 6.01. The van der Waals surface area contributed by atoms with Crippen LogP contribution in [0.25, 0.3) is 0 Å². The summed E-state index contributed by atoms with van der Waals surface area (Å²) in [6.45, 7) is 5.99. The van der Waals surface area contributed by atoms with E-state index in [9.17, 15) is 5.11 Å². The maximum atomic E-state index is 10.0. The lowest BCUT2D eigenvalue weighted by Gasteiger charge is -2.25. The Balaban J connectivity index is 1.81. The molecule has 0 aliphatic carbocycles. The first-order valence-corrected chi connectivity index (χ1v) is 8.03. The minimum atomic E-state index is -0.603. The fourth-order valence-electron chi connectivity index (χ4n) is 2.63. The van der Waals surface area contributed by atoms with E-state index in [2.05, 4.69) is 22.6 Å². The molecular weight excluding hydrogens is 304 g/mol. The van der Waals surface area contributed by atoms with Crippen LogP contribution in [-0.4, -0.2) is 60.8 Å². The lowest BCUT2D eigenvalue weighted by atomic mass is 10.0. The highest BCUT2D eigenvalue weighted by Gasteiger charge is 2.25. The van der Waals surface area contributed by atoms with Crippen molar-refractivity contribution in [3.05, 3.63) is 48.6 Å². The molecule has 0 saturated carbocycles. The van der Waals surface area contributed by atoms with Crippen LogP contribution in [0.4, 0.5) is 0 Å². The van der Waals surface area contributed by atoms with Crippen LogP contribution in [0.2, 0.25) is 0 Å². The number of hydrogen-bond donors (Lipinski definition) is 1. The number of aliphatic hydroxyl groups is 1. The Morgan fingerprint density at radius 3 is 3.00 bits per heavy atom. The third-order valence-electron chi connectivity index (χ3n) is 3.65. The maximum Gasteiger partial charge on any atom is 0.145 e. The fourth-order valence-corrected chi connectivity index (χ4v) is 2.63. The molecule has 0 saturated heterocycles. The fraction of sp³-hybridized carbons (Fsp3) is 0.421. The van der Waals surface area contributed by atoms with Crippen LogP contribution in [-0.2, 0) is 9.57 Å². The number of ether oxygens (including phenoxy) is 1. The minimum Gasteiger partial charge on any atom is -0.390 e. The van der Waals surface area contributed by atoms with Crippen molar-refractivity contribution in [3.8, 4) is 12.3 Å². The summed E-state index contributed by atoms with van der Waals surface area (Å²) < 4.78 is 5.18. The van der Waals surface area contributed by atoms with E-state index in [4.69, 9.17) is 16.0 Å². The highest BCUT2D eigenvalue weighted by atomic mass is 16.6. The molecule has 2 unspecified atom stereocenters. The number of rotatable bonds is 10. The summed E-state index contributed by atoms with van der Waals surface area (Å²) in [6.07, 6.45) is 7.05. The van der Waals surface area contributed by atoms with Crippen molar-refractivity contribution in [1.29, 1.82) is 0 Å². The lowest BCUT2D eigenvalue weighted by molar-refractivity contribution is 0.00985. The van der Waals surface area contributed by atoms with E-state index in [-0.39, 0.29) is 19.3 Å². The lowest BCUT2D eigenvalue weighted by Crippen LogP contribution is -2.39. The third-order valence-corrected chi connectivity index (χ3v) is 3.65. The van der Waals surface area contributed by atoms with Crippen molar-refractivity contribution in [2.24, 2.45) is 5.16 Å². The van der Waals surface area contributed by atoms with Crippen LogP contribution in [0.1, 0.15) is 12.0 Å². The van der Waals surface area contributed by atoms with Gasteiger partial charge in [0.25, 0.3) is 0 Å². The topological polar surface area (TPSA) is 54.3 Å². The molecule has 2 atom stereocenters. The Labute approximate surface area is 143 Å². The molecule has 5 nitrogen and oxygen atoms in total. The molecule has 0 radical (unpaired) electrons. The molecule has 0 amide bonds. The van der Waals surface area contributed by atoms with Crippen LogP contribution in [0.5, 0.6) is 0 Å². The average Bonchev–Trinajstić information content (AvgIpc) is 3.04. The second kappa shape index (κ2) is 9.89. The molecule has 1 N–H and O–H groups in total. The van der Waals surface area contributed by atoms with E-state index < -0.39 is 6.10 Å². The SMILES string of the molecule is C#CCOCC(O)CN(CC=C)CC1CC(c2ccccc2)=NO1. The van der Waals surface area contributed by atoms with Crippen LogP contribution >= 0.6 is 0 Å². The Kier molecular flexibility index (Phi) is 7.50. The van der Waals surface area contributed by atoms with Crippen molar-refractivity contribution in [2.75, 3.05) is 32.8 Å². The molecule has 1 aromatic carbocycles. The maximum absolute atomic E-state index is 10.0. The van der Waals surface area contributed by atoms with Gasteiger partial charge in [0.1, 0.15) is 12.7 Å². The van der Waals surface area contributed by atoms with Crippen molar-refractivity contribution < 1.29 is 14.7 Å². The second-order valence-corrected chi connectivity index (χ2v) is 5.72. The van der Waals surface area contributed by atoms with Gasteiger partial charge < -0.3 is 14.7 Å². The van der Waals surface area contributed by atoms with Gasteiger partial charge in [-0.25, -0.2) is 0 Å². The van der Waals surface area contributed by atoms with E-state index in [1.54, 1.807) is 0 Å². The molecule has 0 aromatic heterocycles. The summed E-state index contributed by atoms with van der Waals surface area (Å²) >= 11 is 0. The third kappa shape index (κ3) is 5.82. The summed E-state index contributed by atoms with van der Waals surface area (Å²) in [5.41, 5.74) is 2.04. The summed E-state index contributed by atoms with van der Waals surface area (Å²) in [4.78, 5) is 7.62. The highest BCUT2D eigenvalue weighted by Crippen LogP contribution is 2.17. The van der Waals surface area contributed by atoms with Gasteiger partial charge in [0.15, 0.2) is 0 Å². The van der Waals surface area contributed by atoms with Gasteiger partial charge in [0, 0.05) is 26.1 Å². The van der Waals surface area contributed by atoms with Gasteiger partial charge in [0.05, 0.1) is 18.4 Å². The van der Waals surface area contributed by atoms with Crippen LogP contribution < -0.4 is 0 Å². The molecule has 5 heteroatoms. The molecule has 0 spiro atoms. The van der Waals surface area contributed by atoms with Crippen molar-refractivity contribution >= 4 is 5.71 Å². The number of aliphatic hydroxyl groups excluding tert-OH is 1. The first-order chi connectivity index (χ1) is 11.7. The molecular formula is C19H24N2O3. The number of terminal acetylenes is 1. The normalized spacial score (nSPS) is 17.9. The van der Waals surface area contributed by atoms with Gasteiger partial charge in [-0.1, -0.05) is 47.5 Å². The van der Waals surface area contributed by atoms with Crippen LogP contribution in [0, 0.1) is 12.3 Å². The standard InChI is InChI=1S/C19H24N2O3/c1-3-10-21(13-17(22)15-23-11-4-2)14-18-12-19(20-24-18)16-8-6-5-7-9-16/h2-3,5-9,17-18,22H,1,10-15H2. The largest absolute Gasteiger partial charge is 0.390 e. The molecule has 128 valence electrons. The number of benzene rings is 1. The predicted octanol–water partition coefficient (Wildman–Crippen LogP) is 1.68. The molecule has 0 bridgehead atoms. The van der Waals surface area contributed by atoms with Gasteiger partial charge in [-0.15, -0.1) is 13.0 Å². The Morgan fingerprint density at radius 1 is 1.50 bits per heavy atom. The van der Waals surface area contributed by atoms with Crippen molar-refractivity contribution in [2.45, 2.75) is 18.6 Å². The van der Waals surface area contributed by atoms with Crippen LogP contribution in [0.3, 0.4) is 0 Å². The number of hydrogen-bond acceptors (Lipinski definition) is 5. The van der Waals surface area contributed by atoms with Crippen molar-refractivity contribution in [1.82, 2.24) is 4.90 Å². The molecule has 24 heavy (non-hydrogen) atoms. The molecule has 0 fully saturated rings. The summed E-state index contributed by atoms with van der Waals surface area (Å²) in [5.74, 6) is 2.38. The number of oxime groups is 1.